The van der Waals surface area contributed by atoms with Crippen molar-refractivity contribution in [2.45, 2.75) is 58.9 Å². The van der Waals surface area contributed by atoms with Gasteiger partial charge in [-0.25, -0.2) is 4.68 Å². The zero-order valence-corrected chi connectivity index (χ0v) is 10.4. The molecule has 1 rings (SSSR count). The van der Waals surface area contributed by atoms with Crippen molar-refractivity contribution in [2.24, 2.45) is 0 Å². The molecule has 0 N–H and O–H groups in total. The Morgan fingerprint density at radius 1 is 1.31 bits per heavy atom. The molecule has 0 aliphatic heterocycles. The summed E-state index contributed by atoms with van der Waals surface area (Å²) in [6.45, 7) is 7.29. The van der Waals surface area contributed by atoms with Gasteiger partial charge in [0.05, 0.1) is 5.69 Å². The molecule has 90 valence electrons. The van der Waals surface area contributed by atoms with E-state index in [0.29, 0.717) is 11.6 Å². The number of rotatable bonds is 7. The van der Waals surface area contributed by atoms with E-state index in [2.05, 4.69) is 31.1 Å². The maximum atomic E-state index is 10.9. The molecule has 0 aliphatic carbocycles. The highest BCUT2D eigenvalue weighted by Crippen LogP contribution is 2.24. The zero-order valence-electron chi connectivity index (χ0n) is 10.4. The summed E-state index contributed by atoms with van der Waals surface area (Å²) in [6, 6.07) is 0. The van der Waals surface area contributed by atoms with Crippen LogP contribution in [0, 0.1) is 0 Å². The SMILES string of the molecule is CCCCn1nnc(C=O)c1C(CC)CC. The average Bonchev–Trinajstić information content (AvgIpc) is 2.71. The van der Waals surface area contributed by atoms with E-state index in [1.54, 1.807) is 0 Å². The predicted molar refractivity (Wildman–Crippen MR) is 63.6 cm³/mol. The van der Waals surface area contributed by atoms with E-state index in [1.807, 2.05) is 4.68 Å². The first-order valence-electron chi connectivity index (χ1n) is 6.16. The van der Waals surface area contributed by atoms with Crippen LogP contribution in [0.2, 0.25) is 0 Å². The lowest BCUT2D eigenvalue weighted by Crippen LogP contribution is -2.10. The highest BCUT2D eigenvalue weighted by Gasteiger charge is 2.19. The molecular formula is C12H21N3O. The van der Waals surface area contributed by atoms with Gasteiger partial charge < -0.3 is 0 Å². The normalized spacial score (nSPS) is 11.0. The summed E-state index contributed by atoms with van der Waals surface area (Å²) < 4.78 is 1.91. The molecular weight excluding hydrogens is 202 g/mol. The summed E-state index contributed by atoms with van der Waals surface area (Å²) in [7, 11) is 0. The van der Waals surface area contributed by atoms with E-state index in [0.717, 1.165) is 44.2 Å². The van der Waals surface area contributed by atoms with E-state index in [4.69, 9.17) is 0 Å². The summed E-state index contributed by atoms with van der Waals surface area (Å²) >= 11 is 0. The van der Waals surface area contributed by atoms with Gasteiger partial charge in [0, 0.05) is 12.5 Å². The Bertz CT molecular complexity index is 329. The van der Waals surface area contributed by atoms with Crippen LogP contribution in [0.4, 0.5) is 0 Å². The minimum absolute atomic E-state index is 0.395. The summed E-state index contributed by atoms with van der Waals surface area (Å²) in [4.78, 5) is 10.9. The fraction of sp³-hybridized carbons (Fsp3) is 0.750. The van der Waals surface area contributed by atoms with Crippen molar-refractivity contribution in [3.8, 4) is 0 Å². The molecule has 0 saturated carbocycles. The molecule has 4 nitrogen and oxygen atoms in total. The molecule has 0 atom stereocenters. The predicted octanol–water partition coefficient (Wildman–Crippen LogP) is 2.79. The molecule has 0 bridgehead atoms. The largest absolute Gasteiger partial charge is 0.296 e. The standard InChI is InChI=1S/C12H21N3O/c1-4-7-8-15-12(10(5-2)6-3)11(9-16)13-14-15/h9-10H,4-8H2,1-3H3. The third-order valence-electron chi connectivity index (χ3n) is 3.01. The number of carbonyl (C=O) groups excluding carboxylic acids is 1. The third kappa shape index (κ3) is 2.68. The smallest absolute Gasteiger partial charge is 0.172 e. The Morgan fingerprint density at radius 3 is 2.50 bits per heavy atom. The fourth-order valence-electron chi connectivity index (χ4n) is 1.99. The second-order valence-electron chi connectivity index (χ2n) is 4.07. The molecule has 1 aromatic rings. The lowest BCUT2D eigenvalue weighted by atomic mass is 9.97. The van der Waals surface area contributed by atoms with Crippen molar-refractivity contribution in [2.75, 3.05) is 0 Å². The minimum atomic E-state index is 0.395. The van der Waals surface area contributed by atoms with Crippen LogP contribution in [0.5, 0.6) is 0 Å². The van der Waals surface area contributed by atoms with Crippen molar-refractivity contribution < 1.29 is 4.79 Å². The molecule has 0 radical (unpaired) electrons. The number of nitrogens with zero attached hydrogens (tertiary/aromatic N) is 3. The van der Waals surface area contributed by atoms with Gasteiger partial charge in [0.25, 0.3) is 0 Å². The van der Waals surface area contributed by atoms with Gasteiger partial charge in [-0.1, -0.05) is 32.4 Å². The molecule has 0 saturated heterocycles. The van der Waals surface area contributed by atoms with Crippen molar-refractivity contribution in [1.29, 1.82) is 0 Å². The summed E-state index contributed by atoms with van der Waals surface area (Å²) in [5.41, 5.74) is 1.54. The van der Waals surface area contributed by atoms with Crippen LogP contribution in [-0.2, 0) is 6.54 Å². The second-order valence-corrected chi connectivity index (χ2v) is 4.07. The molecule has 0 unspecified atom stereocenters. The monoisotopic (exact) mass is 223 g/mol. The first kappa shape index (κ1) is 12.9. The fourth-order valence-corrected chi connectivity index (χ4v) is 1.99. The Kier molecular flexibility index (Phi) is 5.15. The molecule has 1 aromatic heterocycles. The van der Waals surface area contributed by atoms with Gasteiger partial charge in [0.2, 0.25) is 0 Å². The molecule has 0 amide bonds. The first-order valence-corrected chi connectivity index (χ1v) is 6.16. The lowest BCUT2D eigenvalue weighted by Gasteiger charge is -2.14. The van der Waals surface area contributed by atoms with Crippen LogP contribution in [-0.4, -0.2) is 21.3 Å². The van der Waals surface area contributed by atoms with Crippen LogP contribution in [0.25, 0.3) is 0 Å². The Labute approximate surface area is 97.0 Å². The third-order valence-corrected chi connectivity index (χ3v) is 3.01. The number of carbonyl (C=O) groups is 1. The number of aryl methyl sites for hydroxylation is 1. The van der Waals surface area contributed by atoms with Gasteiger partial charge in [-0.2, -0.15) is 0 Å². The highest BCUT2D eigenvalue weighted by atomic mass is 16.1. The molecule has 0 aromatic carbocycles. The van der Waals surface area contributed by atoms with Crippen LogP contribution < -0.4 is 0 Å². The van der Waals surface area contributed by atoms with E-state index < -0.39 is 0 Å². The Hall–Kier alpha value is -1.19. The van der Waals surface area contributed by atoms with Gasteiger partial charge in [-0.15, -0.1) is 5.10 Å². The topological polar surface area (TPSA) is 47.8 Å². The van der Waals surface area contributed by atoms with Crippen LogP contribution in [0.1, 0.15) is 68.6 Å². The molecule has 4 heteroatoms. The van der Waals surface area contributed by atoms with E-state index in [9.17, 15) is 4.79 Å². The van der Waals surface area contributed by atoms with Crippen molar-refractivity contribution in [1.82, 2.24) is 15.0 Å². The Balaban J connectivity index is 2.99. The molecule has 16 heavy (non-hydrogen) atoms. The zero-order chi connectivity index (χ0) is 12.0. The maximum Gasteiger partial charge on any atom is 0.172 e. The van der Waals surface area contributed by atoms with Crippen LogP contribution in [0.15, 0.2) is 0 Å². The number of hydrogen-bond donors (Lipinski definition) is 0. The maximum absolute atomic E-state index is 10.9. The molecule has 1 heterocycles. The van der Waals surface area contributed by atoms with Gasteiger partial charge in [-0.3, -0.25) is 4.79 Å². The van der Waals surface area contributed by atoms with E-state index in [-0.39, 0.29) is 0 Å². The number of aromatic nitrogens is 3. The van der Waals surface area contributed by atoms with Gasteiger partial charge in [0.1, 0.15) is 5.69 Å². The van der Waals surface area contributed by atoms with Crippen LogP contribution >= 0.6 is 0 Å². The van der Waals surface area contributed by atoms with E-state index >= 15 is 0 Å². The molecule has 0 fully saturated rings. The summed E-state index contributed by atoms with van der Waals surface area (Å²) in [5, 5.41) is 8.03. The van der Waals surface area contributed by atoms with E-state index in [1.165, 1.54) is 0 Å². The van der Waals surface area contributed by atoms with Gasteiger partial charge in [-0.05, 0) is 19.3 Å². The molecule has 0 aliphatic rings. The highest BCUT2D eigenvalue weighted by molar-refractivity contribution is 5.73. The van der Waals surface area contributed by atoms with Crippen LogP contribution in [0.3, 0.4) is 0 Å². The quantitative estimate of drug-likeness (QED) is 0.668. The van der Waals surface area contributed by atoms with Crippen molar-refractivity contribution in [3.05, 3.63) is 11.4 Å². The second kappa shape index (κ2) is 6.40. The Morgan fingerprint density at radius 2 is 2.00 bits per heavy atom. The molecule has 0 spiro atoms. The van der Waals surface area contributed by atoms with Crippen molar-refractivity contribution in [3.63, 3.8) is 0 Å². The average molecular weight is 223 g/mol. The van der Waals surface area contributed by atoms with Gasteiger partial charge in [0.15, 0.2) is 6.29 Å². The number of aldehydes is 1. The lowest BCUT2D eigenvalue weighted by molar-refractivity contribution is 0.111. The number of unbranched alkanes of at least 4 members (excludes halogenated alkanes) is 1. The summed E-state index contributed by atoms with van der Waals surface area (Å²) in [6.07, 6.45) is 5.07. The summed E-state index contributed by atoms with van der Waals surface area (Å²) in [5.74, 6) is 0.395. The van der Waals surface area contributed by atoms with Crippen molar-refractivity contribution >= 4 is 6.29 Å². The first-order chi connectivity index (χ1) is 7.78. The number of hydrogen-bond acceptors (Lipinski definition) is 3. The minimum Gasteiger partial charge on any atom is -0.296 e. The van der Waals surface area contributed by atoms with Gasteiger partial charge >= 0.3 is 0 Å².